The first-order valence-corrected chi connectivity index (χ1v) is 8.20. The number of carbonyl (C=O) groups excluding carboxylic acids is 2. The summed E-state index contributed by atoms with van der Waals surface area (Å²) >= 11 is 5.79. The van der Waals surface area contributed by atoms with Gasteiger partial charge in [-0.15, -0.1) is 0 Å². The largest absolute Gasteiger partial charge is 0.449 e. The molecule has 0 fully saturated rings. The van der Waals surface area contributed by atoms with E-state index in [1.54, 1.807) is 36.4 Å². The van der Waals surface area contributed by atoms with Crippen molar-refractivity contribution in [2.45, 2.75) is 13.0 Å². The zero-order valence-electron chi connectivity index (χ0n) is 13.8. The highest BCUT2D eigenvalue weighted by Crippen LogP contribution is 2.16. The van der Waals surface area contributed by atoms with Crippen molar-refractivity contribution in [3.63, 3.8) is 0 Å². The first kappa shape index (κ1) is 17.7. The van der Waals surface area contributed by atoms with Gasteiger partial charge in [-0.1, -0.05) is 23.7 Å². The van der Waals surface area contributed by atoms with E-state index in [4.69, 9.17) is 20.8 Å². The molecule has 1 aromatic heterocycles. The fraction of sp³-hybridized carbons (Fsp3) is 0.105. The Labute approximate surface area is 154 Å². The molecule has 3 rings (SSSR count). The Morgan fingerprint density at radius 1 is 1.19 bits per heavy atom. The molecule has 6 nitrogen and oxygen atoms in total. The highest BCUT2D eigenvalue weighted by molar-refractivity contribution is 6.30. The average molecular weight is 371 g/mol. The minimum atomic E-state index is -0.966. The van der Waals surface area contributed by atoms with Crippen molar-refractivity contribution in [2.24, 2.45) is 0 Å². The Morgan fingerprint density at radius 2 is 1.92 bits per heavy atom. The lowest BCUT2D eigenvalue weighted by molar-refractivity contribution is -0.148. The normalized spacial score (nSPS) is 12.2. The van der Waals surface area contributed by atoms with Gasteiger partial charge in [0.15, 0.2) is 11.7 Å². The number of hydrogen-bond donors (Lipinski definition) is 1. The summed E-state index contributed by atoms with van der Waals surface area (Å²) in [4.78, 5) is 28.1. The fourth-order valence-corrected chi connectivity index (χ4v) is 2.27. The van der Waals surface area contributed by atoms with E-state index in [0.29, 0.717) is 21.8 Å². The SMILES string of the molecule is CC(OC(=O)/C=C/c1nc2ccccc2o1)C(=O)Nc1ccc(Cl)cc1. The molecule has 0 aliphatic heterocycles. The maximum absolute atomic E-state index is 12.0. The van der Waals surface area contributed by atoms with Crippen LogP contribution >= 0.6 is 11.6 Å². The third-order valence-corrected chi connectivity index (χ3v) is 3.70. The van der Waals surface area contributed by atoms with Crippen molar-refractivity contribution in [3.8, 4) is 0 Å². The number of ether oxygens (including phenoxy) is 1. The van der Waals surface area contributed by atoms with Crippen molar-refractivity contribution in [1.82, 2.24) is 4.98 Å². The number of hydrogen-bond acceptors (Lipinski definition) is 5. The topological polar surface area (TPSA) is 81.4 Å². The van der Waals surface area contributed by atoms with Crippen molar-refractivity contribution in [1.29, 1.82) is 0 Å². The standard InChI is InChI=1S/C19H15ClN2O4/c1-12(19(24)21-14-8-6-13(20)7-9-14)25-18(23)11-10-17-22-15-4-2-3-5-16(15)26-17/h2-12H,1H3,(H,21,24)/b11-10+. The molecule has 7 heteroatoms. The molecule has 0 saturated heterocycles. The number of anilines is 1. The number of nitrogens with one attached hydrogen (secondary N) is 1. The number of halogens is 1. The first-order valence-electron chi connectivity index (χ1n) is 7.82. The van der Waals surface area contributed by atoms with Crippen LogP contribution in [0.25, 0.3) is 17.2 Å². The molecule has 0 aliphatic rings. The average Bonchev–Trinajstić information content (AvgIpc) is 3.05. The number of aromatic nitrogens is 1. The van der Waals surface area contributed by atoms with E-state index in [2.05, 4.69) is 10.3 Å². The smallest absolute Gasteiger partial charge is 0.331 e. The Balaban J connectivity index is 1.56. The number of benzene rings is 2. The Bertz CT molecular complexity index is 930. The maximum Gasteiger partial charge on any atom is 0.331 e. The molecule has 0 radical (unpaired) electrons. The van der Waals surface area contributed by atoms with E-state index in [9.17, 15) is 9.59 Å². The quantitative estimate of drug-likeness (QED) is 0.541. The molecule has 1 unspecified atom stereocenters. The molecular weight excluding hydrogens is 356 g/mol. The van der Waals surface area contributed by atoms with Crippen LogP contribution in [0.1, 0.15) is 12.8 Å². The number of fused-ring (bicyclic) bond motifs is 1. The number of rotatable bonds is 5. The van der Waals surface area contributed by atoms with Crippen LogP contribution in [0.5, 0.6) is 0 Å². The zero-order valence-corrected chi connectivity index (χ0v) is 14.6. The van der Waals surface area contributed by atoms with Gasteiger partial charge in [-0.05, 0) is 43.3 Å². The molecule has 0 spiro atoms. The van der Waals surface area contributed by atoms with E-state index >= 15 is 0 Å². The Hall–Kier alpha value is -3.12. The van der Waals surface area contributed by atoms with Crippen LogP contribution in [0.15, 0.2) is 59.0 Å². The highest BCUT2D eigenvalue weighted by Gasteiger charge is 2.16. The highest BCUT2D eigenvalue weighted by atomic mass is 35.5. The second-order valence-corrected chi connectivity index (χ2v) is 5.86. The van der Waals surface area contributed by atoms with Crippen LogP contribution in [-0.4, -0.2) is 23.0 Å². The number of para-hydroxylation sites is 2. The molecule has 1 N–H and O–H groups in total. The van der Waals surface area contributed by atoms with Gasteiger partial charge < -0.3 is 14.5 Å². The van der Waals surface area contributed by atoms with Gasteiger partial charge in [0.05, 0.1) is 0 Å². The van der Waals surface area contributed by atoms with Gasteiger partial charge in [-0.2, -0.15) is 0 Å². The van der Waals surface area contributed by atoms with Crippen molar-refractivity contribution in [3.05, 3.63) is 65.5 Å². The van der Waals surface area contributed by atoms with Crippen LogP contribution in [0.4, 0.5) is 5.69 Å². The van der Waals surface area contributed by atoms with Crippen molar-refractivity contribution < 1.29 is 18.7 Å². The van der Waals surface area contributed by atoms with Gasteiger partial charge in [-0.3, -0.25) is 4.79 Å². The number of carbonyl (C=O) groups is 2. The number of oxazole rings is 1. The van der Waals surface area contributed by atoms with Gasteiger partial charge in [0, 0.05) is 22.9 Å². The summed E-state index contributed by atoms with van der Waals surface area (Å²) in [6.07, 6.45) is 1.59. The zero-order chi connectivity index (χ0) is 18.5. The Kier molecular flexibility index (Phi) is 5.34. The lowest BCUT2D eigenvalue weighted by Gasteiger charge is -2.12. The minimum absolute atomic E-state index is 0.279. The molecule has 0 bridgehead atoms. The predicted molar refractivity (Wildman–Crippen MR) is 98.7 cm³/mol. The molecule has 2 aromatic carbocycles. The fourth-order valence-electron chi connectivity index (χ4n) is 2.14. The first-order chi connectivity index (χ1) is 12.5. The second-order valence-electron chi connectivity index (χ2n) is 5.43. The van der Waals surface area contributed by atoms with Gasteiger partial charge in [-0.25, -0.2) is 9.78 Å². The van der Waals surface area contributed by atoms with Crippen LogP contribution in [0.2, 0.25) is 5.02 Å². The monoisotopic (exact) mass is 370 g/mol. The van der Waals surface area contributed by atoms with Crippen LogP contribution < -0.4 is 5.32 Å². The summed E-state index contributed by atoms with van der Waals surface area (Å²) in [5.41, 5.74) is 1.87. The Morgan fingerprint density at radius 3 is 2.65 bits per heavy atom. The molecule has 0 saturated carbocycles. The van der Waals surface area contributed by atoms with Gasteiger partial charge in [0.2, 0.25) is 5.89 Å². The van der Waals surface area contributed by atoms with Crippen LogP contribution in [0.3, 0.4) is 0 Å². The summed E-state index contributed by atoms with van der Waals surface area (Å²) < 4.78 is 10.5. The molecule has 1 heterocycles. The lowest BCUT2D eigenvalue weighted by atomic mass is 10.3. The van der Waals surface area contributed by atoms with E-state index in [0.717, 1.165) is 6.08 Å². The third-order valence-electron chi connectivity index (χ3n) is 3.45. The van der Waals surface area contributed by atoms with Crippen molar-refractivity contribution in [2.75, 3.05) is 5.32 Å². The van der Waals surface area contributed by atoms with Gasteiger partial charge in [0.25, 0.3) is 5.91 Å². The summed E-state index contributed by atoms with van der Waals surface area (Å²) in [6.45, 7) is 1.48. The van der Waals surface area contributed by atoms with Crippen LogP contribution in [-0.2, 0) is 14.3 Å². The summed E-state index contributed by atoms with van der Waals surface area (Å²) in [5, 5.41) is 3.20. The predicted octanol–water partition coefficient (Wildman–Crippen LogP) is 4.06. The van der Waals surface area contributed by atoms with E-state index < -0.39 is 18.0 Å². The molecule has 0 aliphatic carbocycles. The number of esters is 1. The van der Waals surface area contributed by atoms with Gasteiger partial charge >= 0.3 is 5.97 Å². The summed E-state index contributed by atoms with van der Waals surface area (Å²) in [6, 6.07) is 13.9. The number of nitrogens with zero attached hydrogens (tertiary/aromatic N) is 1. The molecule has 3 aromatic rings. The van der Waals surface area contributed by atoms with Gasteiger partial charge in [0.1, 0.15) is 5.52 Å². The number of amides is 1. The molecule has 26 heavy (non-hydrogen) atoms. The van der Waals surface area contributed by atoms with E-state index in [1.807, 2.05) is 12.1 Å². The third kappa shape index (κ3) is 4.49. The second kappa shape index (κ2) is 7.84. The maximum atomic E-state index is 12.0. The summed E-state index contributed by atoms with van der Waals surface area (Å²) in [7, 11) is 0. The molecule has 132 valence electrons. The molecule has 1 atom stereocenters. The minimum Gasteiger partial charge on any atom is -0.449 e. The lowest BCUT2D eigenvalue weighted by Crippen LogP contribution is -2.29. The summed E-state index contributed by atoms with van der Waals surface area (Å²) in [5.74, 6) is -0.844. The molecule has 1 amide bonds. The van der Waals surface area contributed by atoms with E-state index in [1.165, 1.54) is 13.0 Å². The molecular formula is C19H15ClN2O4. The van der Waals surface area contributed by atoms with E-state index in [-0.39, 0.29) is 5.89 Å². The van der Waals surface area contributed by atoms with Crippen LogP contribution in [0, 0.1) is 0 Å². The van der Waals surface area contributed by atoms with Crippen molar-refractivity contribution >= 4 is 46.3 Å².